The van der Waals surface area contributed by atoms with E-state index in [2.05, 4.69) is 27.5 Å². The van der Waals surface area contributed by atoms with Gasteiger partial charge >= 0.3 is 0 Å². The van der Waals surface area contributed by atoms with Gasteiger partial charge in [-0.1, -0.05) is 6.92 Å². The lowest BCUT2D eigenvalue weighted by molar-refractivity contribution is 0.0381. The molecule has 1 aliphatic heterocycles. The Morgan fingerprint density at radius 3 is 2.83 bits per heavy atom. The van der Waals surface area contributed by atoms with E-state index >= 15 is 0 Å². The Morgan fingerprint density at radius 2 is 2.17 bits per heavy atom. The van der Waals surface area contributed by atoms with Gasteiger partial charge in [0.05, 0.1) is 6.61 Å². The summed E-state index contributed by atoms with van der Waals surface area (Å²) in [6.45, 7) is 4.42. The molecule has 1 unspecified atom stereocenters. The van der Waals surface area contributed by atoms with Gasteiger partial charge < -0.3 is 20.5 Å². The van der Waals surface area contributed by atoms with E-state index in [0.717, 1.165) is 18.8 Å². The summed E-state index contributed by atoms with van der Waals surface area (Å²) in [5.74, 6) is 1.51. The molecule has 1 fully saturated rings. The molecule has 18 heavy (non-hydrogen) atoms. The molecule has 0 radical (unpaired) electrons. The number of rotatable bonds is 6. The van der Waals surface area contributed by atoms with Gasteiger partial charge in [0.1, 0.15) is 23.6 Å². The highest BCUT2D eigenvalue weighted by Crippen LogP contribution is 2.19. The molecule has 100 valence electrons. The molecule has 0 aliphatic carbocycles. The van der Waals surface area contributed by atoms with Gasteiger partial charge in [0.25, 0.3) is 0 Å². The predicted molar refractivity (Wildman–Crippen MR) is 69.7 cm³/mol. The molecule has 0 spiro atoms. The van der Waals surface area contributed by atoms with Crippen LogP contribution in [0.25, 0.3) is 0 Å². The minimum Gasteiger partial charge on any atom is -0.386 e. The number of nitrogens with zero attached hydrogens (tertiary/aromatic N) is 2. The molecule has 0 saturated carbocycles. The highest BCUT2D eigenvalue weighted by atomic mass is 16.5. The van der Waals surface area contributed by atoms with E-state index in [1.807, 2.05) is 6.07 Å². The van der Waals surface area contributed by atoms with E-state index in [0.29, 0.717) is 32.0 Å². The van der Waals surface area contributed by atoms with Gasteiger partial charge in [0.2, 0.25) is 0 Å². The lowest BCUT2D eigenvalue weighted by Crippen LogP contribution is -2.37. The van der Waals surface area contributed by atoms with E-state index in [-0.39, 0.29) is 0 Å². The second kappa shape index (κ2) is 5.97. The van der Waals surface area contributed by atoms with Crippen molar-refractivity contribution in [3.05, 3.63) is 12.4 Å². The van der Waals surface area contributed by atoms with Crippen molar-refractivity contribution in [1.29, 1.82) is 0 Å². The zero-order chi connectivity index (χ0) is 12.8. The molecule has 2 rings (SSSR count). The molecule has 1 saturated heterocycles. The first-order valence-electron chi connectivity index (χ1n) is 6.32. The average molecular weight is 252 g/mol. The van der Waals surface area contributed by atoms with Gasteiger partial charge in [-0.3, -0.25) is 0 Å². The predicted octanol–water partition coefficient (Wildman–Crippen LogP) is 0.862. The van der Waals surface area contributed by atoms with Crippen LogP contribution in [-0.4, -0.2) is 47.0 Å². The van der Waals surface area contributed by atoms with E-state index in [1.54, 1.807) is 0 Å². The first kappa shape index (κ1) is 13.0. The summed E-state index contributed by atoms with van der Waals surface area (Å²) in [5.41, 5.74) is -0.776. The van der Waals surface area contributed by atoms with Crippen molar-refractivity contribution in [1.82, 2.24) is 9.97 Å². The summed E-state index contributed by atoms with van der Waals surface area (Å²) in [6.07, 6.45) is 3.21. The van der Waals surface area contributed by atoms with Gasteiger partial charge in [-0.2, -0.15) is 0 Å². The maximum absolute atomic E-state index is 10.1. The summed E-state index contributed by atoms with van der Waals surface area (Å²) >= 11 is 0. The number of ether oxygens (including phenoxy) is 1. The van der Waals surface area contributed by atoms with E-state index in [9.17, 15) is 5.11 Å². The van der Waals surface area contributed by atoms with E-state index in [1.165, 1.54) is 6.33 Å². The second-order valence-electron chi connectivity index (χ2n) is 4.60. The largest absolute Gasteiger partial charge is 0.386 e. The Morgan fingerprint density at radius 1 is 1.39 bits per heavy atom. The second-order valence-corrected chi connectivity index (χ2v) is 4.60. The average Bonchev–Trinajstić information content (AvgIpc) is 2.82. The zero-order valence-electron chi connectivity index (χ0n) is 10.6. The monoisotopic (exact) mass is 252 g/mol. The smallest absolute Gasteiger partial charge is 0.131 e. The minimum absolute atomic E-state index is 0.381. The van der Waals surface area contributed by atoms with Crippen LogP contribution in [0.15, 0.2) is 12.4 Å². The molecular weight excluding hydrogens is 232 g/mol. The third-order valence-electron chi connectivity index (χ3n) is 2.90. The van der Waals surface area contributed by atoms with Crippen molar-refractivity contribution >= 4 is 11.6 Å². The summed E-state index contributed by atoms with van der Waals surface area (Å²) in [6, 6.07) is 1.84. The number of aromatic nitrogens is 2. The van der Waals surface area contributed by atoms with Crippen molar-refractivity contribution in [3.63, 3.8) is 0 Å². The van der Waals surface area contributed by atoms with Gasteiger partial charge in [0, 0.05) is 32.2 Å². The third-order valence-corrected chi connectivity index (χ3v) is 2.90. The molecule has 3 N–H and O–H groups in total. The van der Waals surface area contributed by atoms with Crippen LogP contribution in [0.5, 0.6) is 0 Å². The maximum atomic E-state index is 10.1. The molecule has 6 nitrogen and oxygen atoms in total. The van der Waals surface area contributed by atoms with Gasteiger partial charge in [-0.05, 0) is 6.42 Å². The first-order chi connectivity index (χ1) is 8.72. The van der Waals surface area contributed by atoms with Crippen LogP contribution in [-0.2, 0) is 4.74 Å². The lowest BCUT2D eigenvalue weighted by Gasteiger charge is -2.21. The quantitative estimate of drug-likeness (QED) is 0.697. The van der Waals surface area contributed by atoms with E-state index < -0.39 is 5.60 Å². The molecule has 1 aromatic rings. The summed E-state index contributed by atoms with van der Waals surface area (Å²) in [5, 5.41) is 16.4. The topological polar surface area (TPSA) is 79.3 Å². The molecule has 1 atom stereocenters. The van der Waals surface area contributed by atoms with Crippen LogP contribution in [0.3, 0.4) is 0 Å². The van der Waals surface area contributed by atoms with Gasteiger partial charge in [-0.25, -0.2) is 9.97 Å². The SMILES string of the molecule is CCCNc1cc(NCC2(O)CCOC2)ncn1. The lowest BCUT2D eigenvalue weighted by atomic mass is 10.0. The van der Waals surface area contributed by atoms with Crippen LogP contribution in [0.2, 0.25) is 0 Å². The van der Waals surface area contributed by atoms with Crippen molar-refractivity contribution in [3.8, 4) is 0 Å². The zero-order valence-corrected chi connectivity index (χ0v) is 10.6. The van der Waals surface area contributed by atoms with Crippen LogP contribution < -0.4 is 10.6 Å². The number of nitrogens with one attached hydrogen (secondary N) is 2. The summed E-state index contributed by atoms with van der Waals surface area (Å²) in [7, 11) is 0. The fraction of sp³-hybridized carbons (Fsp3) is 0.667. The number of hydrogen-bond acceptors (Lipinski definition) is 6. The molecule has 1 aliphatic rings. The number of hydrogen-bond donors (Lipinski definition) is 3. The Bertz CT molecular complexity index is 380. The van der Waals surface area contributed by atoms with Crippen molar-refractivity contribution in [2.75, 3.05) is 36.9 Å². The first-order valence-corrected chi connectivity index (χ1v) is 6.32. The van der Waals surface area contributed by atoms with Gasteiger partial charge in [-0.15, -0.1) is 0 Å². The third kappa shape index (κ3) is 3.54. The van der Waals surface area contributed by atoms with Gasteiger partial charge in [0.15, 0.2) is 0 Å². The Labute approximate surface area is 107 Å². The maximum Gasteiger partial charge on any atom is 0.131 e. The summed E-state index contributed by atoms with van der Waals surface area (Å²) in [4.78, 5) is 8.25. The highest BCUT2D eigenvalue weighted by Gasteiger charge is 2.31. The molecule has 1 aromatic heterocycles. The van der Waals surface area contributed by atoms with Crippen LogP contribution in [0.4, 0.5) is 11.6 Å². The van der Waals surface area contributed by atoms with Crippen LogP contribution >= 0.6 is 0 Å². The number of aliphatic hydroxyl groups is 1. The minimum atomic E-state index is -0.776. The molecular formula is C12H20N4O2. The highest BCUT2D eigenvalue weighted by molar-refractivity contribution is 5.46. The molecule has 6 heteroatoms. The van der Waals surface area contributed by atoms with E-state index in [4.69, 9.17) is 4.74 Å². The summed E-state index contributed by atoms with van der Waals surface area (Å²) < 4.78 is 5.19. The van der Waals surface area contributed by atoms with Crippen molar-refractivity contribution < 1.29 is 9.84 Å². The molecule has 2 heterocycles. The Hall–Kier alpha value is -1.40. The fourth-order valence-corrected chi connectivity index (χ4v) is 1.79. The van der Waals surface area contributed by atoms with Crippen LogP contribution in [0.1, 0.15) is 19.8 Å². The molecule has 0 bridgehead atoms. The van der Waals surface area contributed by atoms with Crippen molar-refractivity contribution in [2.45, 2.75) is 25.4 Å². The standard InChI is InChI=1S/C12H20N4O2/c1-2-4-13-10-6-11(16-9-15-10)14-7-12(17)3-5-18-8-12/h6,9,17H,2-5,7-8H2,1H3,(H2,13,14,15,16). The fourth-order valence-electron chi connectivity index (χ4n) is 1.79. The Kier molecular flexibility index (Phi) is 4.33. The normalized spacial score (nSPS) is 23.0. The van der Waals surface area contributed by atoms with Crippen molar-refractivity contribution in [2.24, 2.45) is 0 Å². The molecule has 0 aromatic carbocycles. The molecule has 0 amide bonds. The van der Waals surface area contributed by atoms with Crippen LogP contribution in [0, 0.1) is 0 Å². The number of anilines is 2. The Balaban J connectivity index is 1.88.